The molecule has 3 heterocycles. The number of hydrogen-bond acceptors (Lipinski definition) is 7. The quantitative estimate of drug-likeness (QED) is 0.550. The molecule has 10 heteroatoms. The second kappa shape index (κ2) is 9.28. The Morgan fingerprint density at radius 1 is 1.12 bits per heavy atom. The first-order chi connectivity index (χ1) is 16.2. The maximum absolute atomic E-state index is 13.2. The molecule has 0 saturated carbocycles. The molecule has 1 aliphatic rings. The van der Waals surface area contributed by atoms with Crippen LogP contribution in [0.15, 0.2) is 34.9 Å². The summed E-state index contributed by atoms with van der Waals surface area (Å²) in [6, 6.07) is 9.13. The zero-order valence-electron chi connectivity index (χ0n) is 20.2. The first-order valence-electron chi connectivity index (χ1n) is 11.3. The Labute approximate surface area is 198 Å². The van der Waals surface area contributed by atoms with E-state index in [0.29, 0.717) is 36.9 Å². The smallest absolute Gasteiger partial charge is 0.290 e. The van der Waals surface area contributed by atoms with Gasteiger partial charge in [0.1, 0.15) is 11.4 Å². The Kier molecular flexibility index (Phi) is 6.41. The van der Waals surface area contributed by atoms with Gasteiger partial charge in [0.2, 0.25) is 17.6 Å². The molecule has 0 bridgehead atoms. The van der Waals surface area contributed by atoms with E-state index in [2.05, 4.69) is 15.2 Å². The SMILES string of the molecule is COc1ccc(-c2noc(CCC(=O)N3CCCN3C(=O)c3cc(C(C)(C)C)nn3C)n2)cc1. The zero-order chi connectivity index (χ0) is 24.5. The zero-order valence-corrected chi connectivity index (χ0v) is 20.2. The molecule has 2 aromatic heterocycles. The number of ether oxygens (including phenoxy) is 1. The number of methoxy groups -OCH3 is 1. The van der Waals surface area contributed by atoms with E-state index in [1.807, 2.05) is 51.1 Å². The van der Waals surface area contributed by atoms with Crippen LogP contribution in [0.5, 0.6) is 5.75 Å². The van der Waals surface area contributed by atoms with E-state index in [4.69, 9.17) is 9.26 Å². The van der Waals surface area contributed by atoms with E-state index in [1.54, 1.807) is 18.8 Å². The lowest BCUT2D eigenvalue weighted by Crippen LogP contribution is -2.45. The molecule has 2 amide bonds. The number of hydrazine groups is 1. The molecule has 0 aliphatic carbocycles. The van der Waals surface area contributed by atoms with E-state index in [0.717, 1.165) is 23.4 Å². The van der Waals surface area contributed by atoms with Gasteiger partial charge in [-0.05, 0) is 36.8 Å². The van der Waals surface area contributed by atoms with E-state index in [-0.39, 0.29) is 23.7 Å². The first kappa shape index (κ1) is 23.5. The predicted molar refractivity (Wildman–Crippen MR) is 124 cm³/mol. The normalized spacial score (nSPS) is 14.0. The van der Waals surface area contributed by atoms with Gasteiger partial charge in [0, 0.05) is 44.0 Å². The van der Waals surface area contributed by atoms with E-state index < -0.39 is 0 Å². The molecular weight excluding hydrogens is 436 g/mol. The van der Waals surface area contributed by atoms with Crippen LogP contribution in [-0.4, -0.2) is 62.0 Å². The van der Waals surface area contributed by atoms with Crippen LogP contribution in [0.4, 0.5) is 0 Å². The highest BCUT2D eigenvalue weighted by molar-refractivity contribution is 5.94. The van der Waals surface area contributed by atoms with Crippen molar-refractivity contribution in [3.8, 4) is 17.1 Å². The maximum atomic E-state index is 13.2. The Balaban J connectivity index is 1.40. The minimum absolute atomic E-state index is 0.159. The summed E-state index contributed by atoms with van der Waals surface area (Å²) < 4.78 is 12.1. The predicted octanol–water partition coefficient (Wildman–Crippen LogP) is 3.00. The molecule has 34 heavy (non-hydrogen) atoms. The van der Waals surface area contributed by atoms with Gasteiger partial charge in [0.05, 0.1) is 12.8 Å². The molecule has 3 aromatic rings. The second-order valence-corrected chi connectivity index (χ2v) is 9.33. The summed E-state index contributed by atoms with van der Waals surface area (Å²) in [6.07, 6.45) is 1.18. The van der Waals surface area contributed by atoms with Gasteiger partial charge in [-0.2, -0.15) is 10.1 Å². The summed E-state index contributed by atoms with van der Waals surface area (Å²) in [6.45, 7) is 7.13. The van der Waals surface area contributed by atoms with Gasteiger partial charge in [-0.1, -0.05) is 25.9 Å². The van der Waals surface area contributed by atoms with E-state index in [9.17, 15) is 9.59 Å². The fourth-order valence-corrected chi connectivity index (χ4v) is 3.81. The standard InChI is InChI=1S/C24H30N6O4/c1-24(2,3)19-15-18(28(4)26-19)23(32)30-14-6-13-29(30)21(31)12-11-20-25-22(27-34-20)16-7-9-17(33-5)10-8-16/h7-10,15H,6,11-14H2,1-5H3. The van der Waals surface area contributed by atoms with Gasteiger partial charge >= 0.3 is 0 Å². The molecule has 0 spiro atoms. The minimum atomic E-state index is -0.226. The van der Waals surface area contributed by atoms with Crippen molar-refractivity contribution in [1.29, 1.82) is 0 Å². The van der Waals surface area contributed by atoms with Gasteiger partial charge < -0.3 is 9.26 Å². The summed E-state index contributed by atoms with van der Waals surface area (Å²) in [4.78, 5) is 30.6. The van der Waals surface area contributed by atoms with Crippen molar-refractivity contribution in [2.45, 2.75) is 45.4 Å². The Bertz CT molecular complexity index is 1180. The van der Waals surface area contributed by atoms with E-state index >= 15 is 0 Å². The number of aryl methyl sites for hydroxylation is 2. The number of aromatic nitrogens is 4. The third kappa shape index (κ3) is 4.80. The highest BCUT2D eigenvalue weighted by Gasteiger charge is 2.33. The van der Waals surface area contributed by atoms with Crippen LogP contribution in [0.2, 0.25) is 0 Å². The van der Waals surface area contributed by atoms with Crippen LogP contribution in [0.3, 0.4) is 0 Å². The van der Waals surface area contributed by atoms with Gasteiger partial charge in [0.25, 0.3) is 5.91 Å². The molecule has 0 N–H and O–H groups in total. The highest BCUT2D eigenvalue weighted by atomic mass is 16.5. The molecule has 1 fully saturated rings. The number of carbonyl (C=O) groups excluding carboxylic acids is 2. The Morgan fingerprint density at radius 3 is 2.47 bits per heavy atom. The van der Waals surface area contributed by atoms with E-state index in [1.165, 1.54) is 10.0 Å². The molecule has 1 aliphatic heterocycles. The molecule has 1 saturated heterocycles. The number of benzene rings is 1. The number of nitrogens with zero attached hydrogens (tertiary/aromatic N) is 6. The van der Waals surface area contributed by atoms with Crippen LogP contribution in [0.25, 0.3) is 11.4 Å². The van der Waals surface area contributed by atoms with Crippen molar-refractivity contribution in [1.82, 2.24) is 29.9 Å². The van der Waals surface area contributed by atoms with Crippen LogP contribution < -0.4 is 4.74 Å². The third-order valence-corrected chi connectivity index (χ3v) is 5.79. The molecule has 10 nitrogen and oxygen atoms in total. The van der Waals surface area contributed by atoms with Gasteiger partial charge in [-0.15, -0.1) is 0 Å². The Hall–Kier alpha value is -3.69. The van der Waals surface area contributed by atoms with Crippen molar-refractivity contribution < 1.29 is 18.8 Å². The van der Waals surface area contributed by atoms with Crippen molar-refractivity contribution in [2.75, 3.05) is 20.2 Å². The molecule has 0 unspecified atom stereocenters. The monoisotopic (exact) mass is 466 g/mol. The number of hydrogen-bond donors (Lipinski definition) is 0. The summed E-state index contributed by atoms with van der Waals surface area (Å²) in [5.74, 6) is 1.18. The fourth-order valence-electron chi connectivity index (χ4n) is 3.81. The largest absolute Gasteiger partial charge is 0.497 e. The summed E-state index contributed by atoms with van der Waals surface area (Å²) >= 11 is 0. The lowest BCUT2D eigenvalue weighted by molar-refractivity contribution is -0.140. The lowest BCUT2D eigenvalue weighted by atomic mass is 9.92. The number of rotatable bonds is 6. The summed E-state index contributed by atoms with van der Waals surface area (Å²) in [7, 11) is 3.36. The average molecular weight is 467 g/mol. The van der Waals surface area contributed by atoms with Crippen LogP contribution >= 0.6 is 0 Å². The van der Waals surface area contributed by atoms with Crippen molar-refractivity contribution in [3.05, 3.63) is 47.6 Å². The summed E-state index contributed by atoms with van der Waals surface area (Å²) in [5, 5.41) is 11.5. The molecule has 180 valence electrons. The van der Waals surface area contributed by atoms with Crippen LogP contribution in [0, 0.1) is 0 Å². The Morgan fingerprint density at radius 2 is 1.82 bits per heavy atom. The first-order valence-corrected chi connectivity index (χ1v) is 11.3. The van der Waals surface area contributed by atoms with Gasteiger partial charge in [-0.3, -0.25) is 19.3 Å². The summed E-state index contributed by atoms with van der Waals surface area (Å²) in [5.41, 5.74) is 1.92. The minimum Gasteiger partial charge on any atom is -0.497 e. The third-order valence-electron chi connectivity index (χ3n) is 5.79. The fraction of sp³-hybridized carbons (Fsp3) is 0.458. The lowest BCUT2D eigenvalue weighted by Gasteiger charge is -2.27. The number of carbonyl (C=O) groups is 2. The van der Waals surface area contributed by atoms with Crippen LogP contribution in [0.1, 0.15) is 55.7 Å². The van der Waals surface area contributed by atoms with Crippen LogP contribution in [-0.2, 0) is 23.7 Å². The van der Waals surface area contributed by atoms with Crippen molar-refractivity contribution >= 4 is 11.8 Å². The molecule has 0 radical (unpaired) electrons. The van der Waals surface area contributed by atoms with Gasteiger partial charge in [-0.25, -0.2) is 5.01 Å². The molecule has 1 aromatic carbocycles. The second-order valence-electron chi connectivity index (χ2n) is 9.33. The maximum Gasteiger partial charge on any atom is 0.290 e. The van der Waals surface area contributed by atoms with Crippen molar-refractivity contribution in [2.24, 2.45) is 7.05 Å². The number of amides is 2. The molecule has 0 atom stereocenters. The topological polar surface area (TPSA) is 107 Å². The highest BCUT2D eigenvalue weighted by Crippen LogP contribution is 2.24. The van der Waals surface area contributed by atoms with Gasteiger partial charge in [0.15, 0.2) is 0 Å². The average Bonchev–Trinajstić information content (AvgIpc) is 3.56. The molecule has 4 rings (SSSR count). The van der Waals surface area contributed by atoms with Crippen molar-refractivity contribution in [3.63, 3.8) is 0 Å². The molecular formula is C24H30N6O4.